The van der Waals surface area contributed by atoms with Gasteiger partial charge in [-0.1, -0.05) is 42.5 Å². The normalized spacial score (nSPS) is 12.8. The van der Waals surface area contributed by atoms with Crippen molar-refractivity contribution in [1.82, 2.24) is 0 Å². The molecule has 1 aliphatic rings. The van der Waals surface area contributed by atoms with E-state index >= 15 is 0 Å². The van der Waals surface area contributed by atoms with Gasteiger partial charge in [-0.05, 0) is 41.2 Å². The summed E-state index contributed by atoms with van der Waals surface area (Å²) in [6, 6.07) is 16.5. The number of thiophene rings is 1. The summed E-state index contributed by atoms with van der Waals surface area (Å²) in [5.41, 5.74) is 2.79. The summed E-state index contributed by atoms with van der Waals surface area (Å²) in [6.45, 7) is 0. The maximum Gasteiger partial charge on any atom is 0.229 e. The zero-order chi connectivity index (χ0) is 16.5. The van der Waals surface area contributed by atoms with E-state index in [0.29, 0.717) is 17.0 Å². The molecule has 4 heteroatoms. The number of rotatable bonds is 3. The van der Waals surface area contributed by atoms with Crippen molar-refractivity contribution in [2.24, 2.45) is 0 Å². The number of nitrogens with zero attached hydrogens (tertiary/aromatic N) is 1. The summed E-state index contributed by atoms with van der Waals surface area (Å²) in [5.74, 6) is -0.0679. The van der Waals surface area contributed by atoms with Gasteiger partial charge in [-0.2, -0.15) is 5.26 Å². The average molecular weight is 332 g/mol. The quantitative estimate of drug-likeness (QED) is 0.771. The number of nitrogens with one attached hydrogen (secondary N) is 1. The third-order valence-electron chi connectivity index (χ3n) is 4.46. The summed E-state index contributed by atoms with van der Waals surface area (Å²) in [4.78, 5) is 13.7. The van der Waals surface area contributed by atoms with E-state index in [2.05, 4.69) is 23.5 Å². The van der Waals surface area contributed by atoms with E-state index in [-0.39, 0.29) is 5.91 Å². The average Bonchev–Trinajstić information content (AvgIpc) is 3.15. The Bertz CT molecular complexity index is 981. The van der Waals surface area contributed by atoms with Crippen molar-refractivity contribution in [2.45, 2.75) is 25.7 Å². The van der Waals surface area contributed by atoms with Crippen LogP contribution in [0.2, 0.25) is 0 Å². The van der Waals surface area contributed by atoms with Gasteiger partial charge in [0, 0.05) is 4.88 Å². The van der Waals surface area contributed by atoms with Crippen LogP contribution in [-0.4, -0.2) is 5.91 Å². The number of carbonyl (C=O) groups is 1. The molecule has 3 nitrogen and oxygen atoms in total. The third kappa shape index (κ3) is 2.68. The molecule has 0 radical (unpaired) electrons. The van der Waals surface area contributed by atoms with Crippen molar-refractivity contribution in [3.8, 4) is 6.07 Å². The Morgan fingerprint density at radius 3 is 2.83 bits per heavy atom. The molecule has 24 heavy (non-hydrogen) atoms. The van der Waals surface area contributed by atoms with Gasteiger partial charge < -0.3 is 5.32 Å². The monoisotopic (exact) mass is 332 g/mol. The van der Waals surface area contributed by atoms with Crippen LogP contribution < -0.4 is 5.32 Å². The van der Waals surface area contributed by atoms with Crippen LogP contribution in [0.25, 0.3) is 10.8 Å². The van der Waals surface area contributed by atoms with Crippen molar-refractivity contribution in [2.75, 3.05) is 5.32 Å². The van der Waals surface area contributed by atoms with Crippen LogP contribution in [0.4, 0.5) is 5.00 Å². The zero-order valence-electron chi connectivity index (χ0n) is 13.1. The molecule has 0 aliphatic heterocycles. The Kier molecular flexibility index (Phi) is 3.79. The maximum atomic E-state index is 12.4. The van der Waals surface area contributed by atoms with Crippen molar-refractivity contribution in [3.63, 3.8) is 0 Å². The molecule has 0 atom stereocenters. The van der Waals surface area contributed by atoms with Crippen molar-refractivity contribution in [1.29, 1.82) is 5.26 Å². The summed E-state index contributed by atoms with van der Waals surface area (Å²) >= 11 is 1.56. The largest absolute Gasteiger partial charge is 0.316 e. The smallest absolute Gasteiger partial charge is 0.229 e. The Hall–Kier alpha value is -2.64. The minimum Gasteiger partial charge on any atom is -0.316 e. The number of amides is 1. The molecule has 1 aromatic heterocycles. The molecule has 3 aromatic rings. The number of benzene rings is 2. The molecule has 0 saturated heterocycles. The lowest BCUT2D eigenvalue weighted by Gasteiger charge is -2.06. The first-order valence-electron chi connectivity index (χ1n) is 8.07. The first-order valence-corrected chi connectivity index (χ1v) is 8.88. The summed E-state index contributed by atoms with van der Waals surface area (Å²) in [6.07, 6.45) is 3.41. The molecule has 1 heterocycles. The molecule has 0 spiro atoms. The number of hydrogen-bond donors (Lipinski definition) is 1. The van der Waals surface area contributed by atoms with E-state index in [1.54, 1.807) is 11.3 Å². The van der Waals surface area contributed by atoms with E-state index in [1.165, 1.54) is 10.3 Å². The van der Waals surface area contributed by atoms with E-state index in [1.807, 2.05) is 30.3 Å². The molecule has 1 N–H and O–H groups in total. The second-order valence-electron chi connectivity index (χ2n) is 6.08. The maximum absolute atomic E-state index is 12.4. The number of fused-ring (bicyclic) bond motifs is 2. The van der Waals surface area contributed by atoms with Crippen LogP contribution in [0.3, 0.4) is 0 Å². The summed E-state index contributed by atoms with van der Waals surface area (Å²) < 4.78 is 0. The highest BCUT2D eigenvalue weighted by molar-refractivity contribution is 7.16. The Labute approximate surface area is 144 Å². The Balaban J connectivity index is 1.53. The van der Waals surface area contributed by atoms with Gasteiger partial charge in [-0.25, -0.2) is 0 Å². The van der Waals surface area contributed by atoms with Gasteiger partial charge in [-0.15, -0.1) is 11.3 Å². The molecular formula is C20H16N2OS. The number of nitriles is 1. The number of carbonyl (C=O) groups excluding carboxylic acids is 1. The van der Waals surface area contributed by atoms with Crippen molar-refractivity contribution < 1.29 is 4.79 Å². The molecule has 0 saturated carbocycles. The predicted molar refractivity (Wildman–Crippen MR) is 97.3 cm³/mol. The lowest BCUT2D eigenvalue weighted by atomic mass is 10.0. The molecular weight excluding hydrogens is 316 g/mol. The molecule has 1 aliphatic carbocycles. The fraction of sp³-hybridized carbons (Fsp3) is 0.200. The summed E-state index contributed by atoms with van der Waals surface area (Å²) in [5, 5.41) is 15.4. The minimum absolute atomic E-state index is 0.0679. The number of anilines is 1. The highest BCUT2D eigenvalue weighted by Crippen LogP contribution is 2.38. The Morgan fingerprint density at radius 2 is 2.00 bits per heavy atom. The second kappa shape index (κ2) is 6.10. The van der Waals surface area contributed by atoms with Gasteiger partial charge in [0.1, 0.15) is 11.1 Å². The molecule has 118 valence electrons. The van der Waals surface area contributed by atoms with Gasteiger partial charge in [0.15, 0.2) is 0 Å². The first kappa shape index (κ1) is 14.9. The van der Waals surface area contributed by atoms with Gasteiger partial charge in [0.25, 0.3) is 0 Å². The van der Waals surface area contributed by atoms with E-state index in [9.17, 15) is 10.1 Å². The number of hydrogen-bond acceptors (Lipinski definition) is 3. The molecule has 0 fully saturated rings. The standard InChI is InChI=1S/C20H16N2OS/c21-12-17-16-6-3-7-18(16)24-20(17)22-19(23)11-13-8-9-14-4-1-2-5-15(14)10-13/h1-2,4-5,8-10H,3,6-7,11H2,(H,22,23). The molecule has 0 unspecified atom stereocenters. The van der Waals surface area contributed by atoms with Gasteiger partial charge in [0.2, 0.25) is 5.91 Å². The zero-order valence-corrected chi connectivity index (χ0v) is 14.0. The van der Waals surface area contributed by atoms with Crippen molar-refractivity contribution in [3.05, 3.63) is 64.0 Å². The fourth-order valence-electron chi connectivity index (χ4n) is 3.32. The van der Waals surface area contributed by atoms with Crippen LogP contribution in [0, 0.1) is 11.3 Å². The molecule has 2 aromatic carbocycles. The highest BCUT2D eigenvalue weighted by Gasteiger charge is 2.23. The summed E-state index contributed by atoms with van der Waals surface area (Å²) in [7, 11) is 0. The highest BCUT2D eigenvalue weighted by atomic mass is 32.1. The number of aryl methyl sites for hydroxylation is 1. The lowest BCUT2D eigenvalue weighted by Crippen LogP contribution is -2.14. The van der Waals surface area contributed by atoms with Crippen LogP contribution in [0.5, 0.6) is 0 Å². The molecule has 4 rings (SSSR count). The second-order valence-corrected chi connectivity index (χ2v) is 7.18. The predicted octanol–water partition coefficient (Wildman–Crippen LogP) is 4.44. The van der Waals surface area contributed by atoms with E-state index < -0.39 is 0 Å². The fourth-order valence-corrected chi connectivity index (χ4v) is 4.57. The van der Waals surface area contributed by atoms with Gasteiger partial charge >= 0.3 is 0 Å². The Morgan fingerprint density at radius 1 is 1.17 bits per heavy atom. The molecule has 1 amide bonds. The third-order valence-corrected chi connectivity index (χ3v) is 5.67. The minimum atomic E-state index is -0.0679. The lowest BCUT2D eigenvalue weighted by molar-refractivity contribution is -0.115. The molecule has 0 bridgehead atoms. The van der Waals surface area contributed by atoms with Crippen LogP contribution in [-0.2, 0) is 24.1 Å². The van der Waals surface area contributed by atoms with Crippen LogP contribution in [0.15, 0.2) is 42.5 Å². The first-order chi connectivity index (χ1) is 11.7. The van der Waals surface area contributed by atoms with E-state index in [0.717, 1.165) is 35.8 Å². The van der Waals surface area contributed by atoms with Gasteiger partial charge in [0.05, 0.1) is 12.0 Å². The van der Waals surface area contributed by atoms with E-state index in [4.69, 9.17) is 0 Å². The van der Waals surface area contributed by atoms with Crippen LogP contribution in [0.1, 0.15) is 28.0 Å². The topological polar surface area (TPSA) is 52.9 Å². The van der Waals surface area contributed by atoms with Crippen molar-refractivity contribution >= 4 is 33.0 Å². The van der Waals surface area contributed by atoms with Crippen LogP contribution >= 0.6 is 11.3 Å². The SMILES string of the molecule is N#Cc1c(NC(=O)Cc2ccc3ccccc3c2)sc2c1CCC2. The van der Waals surface area contributed by atoms with Gasteiger partial charge in [-0.3, -0.25) is 4.79 Å².